The molecule has 1 saturated carbocycles. The molecule has 0 radical (unpaired) electrons. The van der Waals surface area contributed by atoms with Gasteiger partial charge in [-0.15, -0.1) is 0 Å². The molecular weight excluding hydrogens is 158 g/mol. The van der Waals surface area contributed by atoms with Gasteiger partial charge in [0.25, 0.3) is 0 Å². The first kappa shape index (κ1) is 9.51. The first-order valence-electron chi connectivity index (χ1n) is 5.85. The molecule has 76 valence electrons. The zero-order valence-electron chi connectivity index (χ0n) is 9.29. The predicted molar refractivity (Wildman–Crippen MR) is 56.7 cm³/mol. The Morgan fingerprint density at radius 2 is 1.62 bits per heavy atom. The highest BCUT2D eigenvalue weighted by atomic mass is 15.1. The Labute approximate surface area is 82.5 Å². The van der Waals surface area contributed by atoms with Crippen LogP contribution < -0.4 is 0 Å². The molecule has 0 amide bonds. The minimum atomic E-state index is 0.820. The van der Waals surface area contributed by atoms with Crippen molar-refractivity contribution in [1.29, 1.82) is 0 Å². The van der Waals surface area contributed by atoms with Crippen molar-refractivity contribution < 1.29 is 0 Å². The maximum atomic E-state index is 2.57. The summed E-state index contributed by atoms with van der Waals surface area (Å²) in [6.07, 6.45) is 5.93. The monoisotopic (exact) mass is 181 g/mol. The van der Waals surface area contributed by atoms with Crippen LogP contribution >= 0.6 is 0 Å². The molecule has 2 rings (SSSR count). The molecule has 2 bridgehead atoms. The lowest BCUT2D eigenvalue weighted by Crippen LogP contribution is -2.31. The van der Waals surface area contributed by atoms with Crippen molar-refractivity contribution in [3.63, 3.8) is 0 Å². The van der Waals surface area contributed by atoms with Gasteiger partial charge in [0.05, 0.1) is 0 Å². The van der Waals surface area contributed by atoms with Crippen LogP contribution in [0.5, 0.6) is 0 Å². The molecule has 2 fully saturated rings. The van der Waals surface area contributed by atoms with Gasteiger partial charge in [0, 0.05) is 12.6 Å². The zero-order chi connectivity index (χ0) is 9.42. The summed E-state index contributed by atoms with van der Waals surface area (Å²) in [4.78, 5) is 2.57. The molecule has 0 spiro atoms. The van der Waals surface area contributed by atoms with E-state index in [-0.39, 0.29) is 0 Å². The van der Waals surface area contributed by atoms with Crippen LogP contribution in [0.3, 0.4) is 0 Å². The Kier molecular flexibility index (Phi) is 2.64. The number of nitrogens with zero attached hydrogens (tertiary/aromatic N) is 1. The zero-order valence-corrected chi connectivity index (χ0v) is 9.29. The van der Waals surface area contributed by atoms with Crippen LogP contribution in [0.1, 0.15) is 39.5 Å². The van der Waals surface area contributed by atoms with Crippen molar-refractivity contribution in [3.8, 4) is 0 Å². The fourth-order valence-corrected chi connectivity index (χ4v) is 3.49. The van der Waals surface area contributed by atoms with E-state index < -0.39 is 0 Å². The van der Waals surface area contributed by atoms with Crippen molar-refractivity contribution >= 4 is 0 Å². The highest BCUT2D eigenvalue weighted by molar-refractivity contribution is 4.85. The van der Waals surface area contributed by atoms with Crippen LogP contribution in [0, 0.1) is 17.8 Å². The summed E-state index contributed by atoms with van der Waals surface area (Å²) in [5.74, 6) is 3.03. The van der Waals surface area contributed by atoms with E-state index in [0.29, 0.717) is 0 Å². The average molecular weight is 181 g/mol. The molecule has 13 heavy (non-hydrogen) atoms. The van der Waals surface area contributed by atoms with E-state index in [0.717, 1.165) is 23.8 Å². The molecule has 1 aliphatic heterocycles. The van der Waals surface area contributed by atoms with Crippen molar-refractivity contribution in [3.05, 3.63) is 0 Å². The molecule has 0 aromatic heterocycles. The summed E-state index contributed by atoms with van der Waals surface area (Å²) in [7, 11) is 2.30. The lowest BCUT2D eigenvalue weighted by molar-refractivity contribution is 0.203. The minimum Gasteiger partial charge on any atom is -0.303 e. The maximum Gasteiger partial charge on any atom is 0.00666 e. The van der Waals surface area contributed by atoms with Crippen LogP contribution in [-0.2, 0) is 0 Å². The Balaban J connectivity index is 2.06. The molecule has 2 aliphatic rings. The molecule has 1 heterocycles. The molecule has 1 nitrogen and oxygen atoms in total. The SMILES string of the molecule is CC1CC2CC(C1)CN(C)C(C)C2. The predicted octanol–water partition coefficient (Wildman–Crippen LogP) is 2.76. The van der Waals surface area contributed by atoms with Crippen LogP contribution in [0.25, 0.3) is 0 Å². The van der Waals surface area contributed by atoms with Crippen LogP contribution in [0.4, 0.5) is 0 Å². The highest BCUT2D eigenvalue weighted by Gasteiger charge is 2.32. The molecule has 0 N–H and O–H groups in total. The van der Waals surface area contributed by atoms with Crippen molar-refractivity contribution in [2.45, 2.75) is 45.6 Å². The molecule has 0 aromatic carbocycles. The molecule has 1 saturated heterocycles. The van der Waals surface area contributed by atoms with Crippen molar-refractivity contribution in [2.75, 3.05) is 13.6 Å². The normalized spacial score (nSPS) is 47.3. The van der Waals surface area contributed by atoms with Gasteiger partial charge in [0.2, 0.25) is 0 Å². The van der Waals surface area contributed by atoms with Gasteiger partial charge < -0.3 is 4.90 Å². The molecule has 4 atom stereocenters. The van der Waals surface area contributed by atoms with E-state index in [1.165, 1.54) is 32.2 Å². The number of likely N-dealkylation sites (tertiary alicyclic amines) is 1. The first-order chi connectivity index (χ1) is 6.15. The van der Waals surface area contributed by atoms with E-state index in [4.69, 9.17) is 0 Å². The molecule has 1 aliphatic carbocycles. The van der Waals surface area contributed by atoms with E-state index in [1.54, 1.807) is 0 Å². The second-order valence-electron chi connectivity index (χ2n) is 5.57. The lowest BCUT2D eigenvalue weighted by Gasteiger charge is -2.30. The lowest BCUT2D eigenvalue weighted by atomic mass is 9.75. The third kappa shape index (κ3) is 2.07. The van der Waals surface area contributed by atoms with Crippen LogP contribution in [0.15, 0.2) is 0 Å². The van der Waals surface area contributed by atoms with E-state index >= 15 is 0 Å². The topological polar surface area (TPSA) is 3.24 Å². The molecular formula is C12H23N. The summed E-state index contributed by atoms with van der Waals surface area (Å²) in [5.41, 5.74) is 0. The van der Waals surface area contributed by atoms with Gasteiger partial charge in [-0.2, -0.15) is 0 Å². The second-order valence-corrected chi connectivity index (χ2v) is 5.57. The van der Waals surface area contributed by atoms with Gasteiger partial charge in [-0.3, -0.25) is 0 Å². The Morgan fingerprint density at radius 3 is 2.38 bits per heavy atom. The Hall–Kier alpha value is -0.0400. The number of hydrogen-bond donors (Lipinski definition) is 0. The van der Waals surface area contributed by atoms with Gasteiger partial charge in [-0.25, -0.2) is 0 Å². The smallest absolute Gasteiger partial charge is 0.00666 e. The maximum absolute atomic E-state index is 2.57. The summed E-state index contributed by atoms with van der Waals surface area (Å²) >= 11 is 0. The largest absolute Gasteiger partial charge is 0.303 e. The van der Waals surface area contributed by atoms with Crippen molar-refractivity contribution in [2.24, 2.45) is 17.8 Å². The molecule has 0 aromatic rings. The molecule has 1 heteroatoms. The van der Waals surface area contributed by atoms with E-state index in [2.05, 4.69) is 25.8 Å². The van der Waals surface area contributed by atoms with Gasteiger partial charge in [-0.05, 0) is 57.4 Å². The average Bonchev–Trinajstić information content (AvgIpc) is 2.09. The summed E-state index contributed by atoms with van der Waals surface area (Å²) < 4.78 is 0. The third-order valence-corrected chi connectivity index (χ3v) is 4.11. The van der Waals surface area contributed by atoms with Gasteiger partial charge in [0.15, 0.2) is 0 Å². The fraction of sp³-hybridized carbons (Fsp3) is 1.00. The summed E-state index contributed by atoms with van der Waals surface area (Å²) in [6.45, 7) is 6.18. The van der Waals surface area contributed by atoms with Crippen LogP contribution in [-0.4, -0.2) is 24.5 Å². The summed E-state index contributed by atoms with van der Waals surface area (Å²) in [5, 5.41) is 0. The Morgan fingerprint density at radius 1 is 0.923 bits per heavy atom. The summed E-state index contributed by atoms with van der Waals surface area (Å²) in [6, 6.07) is 0.820. The number of rotatable bonds is 0. The third-order valence-electron chi connectivity index (χ3n) is 4.11. The molecule has 4 unspecified atom stereocenters. The van der Waals surface area contributed by atoms with E-state index in [1.807, 2.05) is 0 Å². The highest BCUT2D eigenvalue weighted by Crippen LogP contribution is 2.38. The first-order valence-corrected chi connectivity index (χ1v) is 5.85. The van der Waals surface area contributed by atoms with Gasteiger partial charge in [0.1, 0.15) is 0 Å². The number of hydrogen-bond acceptors (Lipinski definition) is 1. The Bertz CT molecular complexity index is 160. The standard InChI is InChI=1S/C12H23N/c1-9-4-11-6-10(2)13(3)8-12(5-9)7-11/h9-12H,4-8H2,1-3H3. The number of fused-ring (bicyclic) bond motifs is 2. The second kappa shape index (κ2) is 3.61. The van der Waals surface area contributed by atoms with Gasteiger partial charge >= 0.3 is 0 Å². The minimum absolute atomic E-state index is 0.820. The van der Waals surface area contributed by atoms with Crippen molar-refractivity contribution in [1.82, 2.24) is 4.90 Å². The van der Waals surface area contributed by atoms with E-state index in [9.17, 15) is 0 Å². The fourth-order valence-electron chi connectivity index (χ4n) is 3.49. The van der Waals surface area contributed by atoms with Crippen LogP contribution in [0.2, 0.25) is 0 Å². The van der Waals surface area contributed by atoms with Gasteiger partial charge in [-0.1, -0.05) is 6.92 Å². The quantitative estimate of drug-likeness (QED) is 0.555.